The van der Waals surface area contributed by atoms with Gasteiger partial charge in [0, 0.05) is 43.4 Å². The summed E-state index contributed by atoms with van der Waals surface area (Å²) in [6, 6.07) is 2.37. The molecule has 2 aromatic rings. The van der Waals surface area contributed by atoms with E-state index in [0.717, 1.165) is 44.5 Å². The molecule has 7 heteroatoms. The number of Topliss-reactive ketones (excluding diaryl/α,β-unsaturated/α-hetero) is 1. The number of nitrogens with zero attached hydrogens (tertiary/aromatic N) is 3. The number of hydrogen-bond donors (Lipinski definition) is 2. The maximum atomic E-state index is 12.5. The number of unbranched alkanes of at least 4 members (excludes halogenated alkanes) is 1. The molecule has 3 heterocycles. The Morgan fingerprint density at radius 2 is 1.97 bits per heavy atom. The van der Waals surface area contributed by atoms with E-state index in [2.05, 4.69) is 21.4 Å². The quantitative estimate of drug-likeness (QED) is 0.527. The number of carboxylic acids is 1. The zero-order valence-corrected chi connectivity index (χ0v) is 17.8. The first-order chi connectivity index (χ1) is 15.1. The number of carbonyl (C=O) groups excluding carboxylic acids is 1. The SMILES string of the molecule is O=C(O)CC(CC(=O)CCCCc1nc2c(cc1C1CC1)CCCN2)c1cncnc1. The van der Waals surface area contributed by atoms with Crippen molar-refractivity contribution in [3.05, 3.63) is 47.2 Å². The second-order valence-corrected chi connectivity index (χ2v) is 8.75. The van der Waals surface area contributed by atoms with Gasteiger partial charge in [-0.2, -0.15) is 0 Å². The van der Waals surface area contributed by atoms with Crippen molar-refractivity contribution in [1.29, 1.82) is 0 Å². The van der Waals surface area contributed by atoms with E-state index in [0.29, 0.717) is 17.9 Å². The summed E-state index contributed by atoms with van der Waals surface area (Å²) in [6.07, 6.45) is 12.6. The molecule has 0 radical (unpaired) electrons. The van der Waals surface area contributed by atoms with Crippen LogP contribution < -0.4 is 5.32 Å². The van der Waals surface area contributed by atoms with Crippen LogP contribution in [0, 0.1) is 0 Å². The molecule has 4 rings (SSSR count). The van der Waals surface area contributed by atoms with Gasteiger partial charge in [-0.05, 0) is 67.6 Å². The van der Waals surface area contributed by atoms with Gasteiger partial charge in [0.25, 0.3) is 0 Å². The summed E-state index contributed by atoms with van der Waals surface area (Å²) in [5.41, 5.74) is 4.66. The minimum atomic E-state index is -0.915. The fourth-order valence-electron chi connectivity index (χ4n) is 4.42. The Morgan fingerprint density at radius 3 is 2.71 bits per heavy atom. The fourth-order valence-corrected chi connectivity index (χ4v) is 4.42. The maximum absolute atomic E-state index is 12.5. The first kappa shape index (κ1) is 21.4. The Hall–Kier alpha value is -2.83. The van der Waals surface area contributed by atoms with E-state index in [9.17, 15) is 14.7 Å². The second-order valence-electron chi connectivity index (χ2n) is 8.75. The first-order valence-corrected chi connectivity index (χ1v) is 11.3. The zero-order chi connectivity index (χ0) is 21.6. The van der Waals surface area contributed by atoms with E-state index < -0.39 is 5.97 Å². The number of aryl methyl sites for hydroxylation is 2. The number of hydrogen-bond acceptors (Lipinski definition) is 6. The van der Waals surface area contributed by atoms with Gasteiger partial charge in [-0.15, -0.1) is 0 Å². The molecule has 2 aromatic heterocycles. The second kappa shape index (κ2) is 9.98. The highest BCUT2D eigenvalue weighted by Crippen LogP contribution is 2.43. The molecule has 0 spiro atoms. The molecule has 0 bridgehead atoms. The summed E-state index contributed by atoms with van der Waals surface area (Å²) >= 11 is 0. The van der Waals surface area contributed by atoms with Gasteiger partial charge in [-0.1, -0.05) is 6.07 Å². The number of rotatable bonds is 11. The monoisotopic (exact) mass is 422 g/mol. The standard InChI is InChI=1S/C24H30N4O3/c29-20(10-18(12-23(30)31)19-13-25-15-26-14-19)5-1-2-6-22-21(16-7-8-16)11-17-4-3-9-27-24(17)28-22/h11,13-16,18H,1-10,12H2,(H,27,28)(H,30,31). The van der Waals surface area contributed by atoms with Gasteiger partial charge in [0.1, 0.15) is 17.9 Å². The van der Waals surface area contributed by atoms with Crippen molar-refractivity contribution in [2.45, 2.75) is 76.0 Å². The van der Waals surface area contributed by atoms with Crippen LogP contribution in [0.3, 0.4) is 0 Å². The van der Waals surface area contributed by atoms with Gasteiger partial charge >= 0.3 is 5.97 Å². The van der Waals surface area contributed by atoms with Crippen LogP contribution in [0.2, 0.25) is 0 Å². The van der Waals surface area contributed by atoms with Crippen molar-refractivity contribution < 1.29 is 14.7 Å². The molecular formula is C24H30N4O3. The summed E-state index contributed by atoms with van der Waals surface area (Å²) < 4.78 is 0. The summed E-state index contributed by atoms with van der Waals surface area (Å²) in [6.45, 7) is 0.987. The van der Waals surface area contributed by atoms with Crippen molar-refractivity contribution in [3.8, 4) is 0 Å². The summed E-state index contributed by atoms with van der Waals surface area (Å²) in [7, 11) is 0. The Morgan fingerprint density at radius 1 is 1.16 bits per heavy atom. The molecule has 0 saturated heterocycles. The number of carbonyl (C=O) groups is 2. The molecule has 1 atom stereocenters. The van der Waals surface area contributed by atoms with Crippen LogP contribution in [-0.2, 0) is 22.4 Å². The Kier molecular flexibility index (Phi) is 6.89. The number of pyridine rings is 1. The summed E-state index contributed by atoms with van der Waals surface area (Å²) in [4.78, 5) is 36.6. The maximum Gasteiger partial charge on any atom is 0.303 e. The number of ketones is 1. The van der Waals surface area contributed by atoms with Crippen molar-refractivity contribution in [2.75, 3.05) is 11.9 Å². The molecule has 1 fully saturated rings. The predicted octanol–water partition coefficient (Wildman–Crippen LogP) is 4.04. The van der Waals surface area contributed by atoms with Gasteiger partial charge in [0.05, 0.1) is 6.42 Å². The molecular weight excluding hydrogens is 392 g/mol. The van der Waals surface area contributed by atoms with Crippen molar-refractivity contribution >= 4 is 17.6 Å². The predicted molar refractivity (Wildman–Crippen MR) is 117 cm³/mol. The summed E-state index contributed by atoms with van der Waals surface area (Å²) in [5, 5.41) is 12.6. The number of aliphatic carboxylic acids is 1. The Labute approximate surface area is 182 Å². The molecule has 1 unspecified atom stereocenters. The molecule has 0 amide bonds. The van der Waals surface area contributed by atoms with E-state index in [1.54, 1.807) is 12.4 Å². The smallest absolute Gasteiger partial charge is 0.303 e. The molecule has 164 valence electrons. The van der Waals surface area contributed by atoms with Crippen molar-refractivity contribution in [2.24, 2.45) is 0 Å². The topological polar surface area (TPSA) is 105 Å². The number of aromatic nitrogens is 3. The van der Waals surface area contributed by atoms with E-state index in [-0.39, 0.29) is 24.5 Å². The van der Waals surface area contributed by atoms with Crippen LogP contribution >= 0.6 is 0 Å². The van der Waals surface area contributed by atoms with Crippen LogP contribution in [-0.4, -0.2) is 38.4 Å². The lowest BCUT2D eigenvalue weighted by atomic mass is 9.91. The lowest BCUT2D eigenvalue weighted by Gasteiger charge is -2.20. The van der Waals surface area contributed by atoms with E-state index >= 15 is 0 Å². The van der Waals surface area contributed by atoms with E-state index in [1.807, 2.05) is 0 Å². The highest BCUT2D eigenvalue weighted by Gasteiger charge is 2.28. The number of fused-ring (bicyclic) bond motifs is 1. The van der Waals surface area contributed by atoms with Crippen LogP contribution in [0.1, 0.15) is 85.6 Å². The van der Waals surface area contributed by atoms with E-state index in [1.165, 1.54) is 36.0 Å². The fraction of sp³-hybridized carbons (Fsp3) is 0.542. The van der Waals surface area contributed by atoms with Gasteiger partial charge in [-0.25, -0.2) is 15.0 Å². The van der Waals surface area contributed by atoms with Gasteiger partial charge in [0.15, 0.2) is 0 Å². The Balaban J connectivity index is 1.30. The minimum Gasteiger partial charge on any atom is -0.481 e. The van der Waals surface area contributed by atoms with Gasteiger partial charge in [0.2, 0.25) is 0 Å². The van der Waals surface area contributed by atoms with E-state index in [4.69, 9.17) is 4.98 Å². The normalized spacial score (nSPS) is 16.3. The molecule has 1 aliphatic carbocycles. The zero-order valence-electron chi connectivity index (χ0n) is 17.8. The third-order valence-corrected chi connectivity index (χ3v) is 6.21. The lowest BCUT2D eigenvalue weighted by Crippen LogP contribution is -2.15. The number of carboxylic acid groups (broad SMARTS) is 1. The number of anilines is 1. The third-order valence-electron chi connectivity index (χ3n) is 6.21. The largest absolute Gasteiger partial charge is 0.481 e. The average Bonchev–Trinajstić information content (AvgIpc) is 3.61. The van der Waals surface area contributed by atoms with Gasteiger partial charge < -0.3 is 10.4 Å². The van der Waals surface area contributed by atoms with Gasteiger partial charge in [-0.3, -0.25) is 9.59 Å². The van der Waals surface area contributed by atoms with Crippen molar-refractivity contribution in [3.63, 3.8) is 0 Å². The van der Waals surface area contributed by atoms with Crippen LogP contribution in [0.15, 0.2) is 24.8 Å². The highest BCUT2D eigenvalue weighted by molar-refractivity contribution is 5.80. The minimum absolute atomic E-state index is 0.0874. The Bertz CT molecular complexity index is 928. The molecule has 0 aromatic carbocycles. The first-order valence-electron chi connectivity index (χ1n) is 11.3. The van der Waals surface area contributed by atoms with Crippen LogP contribution in [0.25, 0.3) is 0 Å². The molecule has 2 aliphatic rings. The highest BCUT2D eigenvalue weighted by atomic mass is 16.4. The van der Waals surface area contributed by atoms with Crippen LogP contribution in [0.5, 0.6) is 0 Å². The molecule has 1 saturated carbocycles. The van der Waals surface area contributed by atoms with Crippen molar-refractivity contribution in [1.82, 2.24) is 15.0 Å². The molecule has 2 N–H and O–H groups in total. The summed E-state index contributed by atoms with van der Waals surface area (Å²) in [5.74, 6) is 0.518. The lowest BCUT2D eigenvalue weighted by molar-refractivity contribution is -0.137. The molecule has 1 aliphatic heterocycles. The number of nitrogens with one attached hydrogen (secondary N) is 1. The van der Waals surface area contributed by atoms with Crippen LogP contribution in [0.4, 0.5) is 5.82 Å². The molecule has 7 nitrogen and oxygen atoms in total. The third kappa shape index (κ3) is 5.87. The average molecular weight is 423 g/mol. The molecule has 31 heavy (non-hydrogen) atoms.